The van der Waals surface area contributed by atoms with E-state index in [9.17, 15) is 10.1 Å². The van der Waals surface area contributed by atoms with Gasteiger partial charge in [0, 0.05) is 30.8 Å². The summed E-state index contributed by atoms with van der Waals surface area (Å²) >= 11 is 1.61. The maximum atomic E-state index is 12.7. The fraction of sp³-hybridized carbons (Fsp3) is 0.739. The van der Waals surface area contributed by atoms with E-state index in [2.05, 4.69) is 37.1 Å². The van der Waals surface area contributed by atoms with Crippen molar-refractivity contribution < 1.29 is 14.3 Å². The number of carbonyl (C=O) groups excluding carboxylic acids is 1. The Morgan fingerprint density at radius 2 is 2.03 bits per heavy atom. The Morgan fingerprint density at radius 1 is 1.33 bits per heavy atom. The second-order valence-electron chi connectivity index (χ2n) is 9.53. The summed E-state index contributed by atoms with van der Waals surface area (Å²) in [5, 5.41) is 13.5. The molecule has 1 aromatic heterocycles. The molecular weight excluding hydrogens is 398 g/mol. The molecule has 164 valence electrons. The molecule has 2 aliphatic heterocycles. The minimum atomic E-state index is -0.420. The zero-order chi connectivity index (χ0) is 21.4. The van der Waals surface area contributed by atoms with E-state index >= 15 is 0 Å². The average molecular weight is 432 g/mol. The van der Waals surface area contributed by atoms with Crippen LogP contribution in [0, 0.1) is 22.7 Å². The lowest BCUT2D eigenvalue weighted by Crippen LogP contribution is -2.47. The van der Waals surface area contributed by atoms with Gasteiger partial charge in [0.05, 0.1) is 25.3 Å². The number of likely N-dealkylation sites (tertiary alicyclic amines) is 1. The summed E-state index contributed by atoms with van der Waals surface area (Å²) in [5.41, 5.74) is 2.15. The van der Waals surface area contributed by atoms with Crippen LogP contribution in [0.4, 0.5) is 5.00 Å². The van der Waals surface area contributed by atoms with E-state index in [4.69, 9.17) is 9.47 Å². The molecule has 0 radical (unpaired) electrons. The fourth-order valence-electron chi connectivity index (χ4n) is 4.95. The van der Waals surface area contributed by atoms with Crippen molar-refractivity contribution in [2.24, 2.45) is 11.3 Å². The number of nitriles is 1. The van der Waals surface area contributed by atoms with Gasteiger partial charge in [0.25, 0.3) is 0 Å². The van der Waals surface area contributed by atoms with Crippen molar-refractivity contribution in [1.82, 2.24) is 4.90 Å². The Kier molecular flexibility index (Phi) is 6.23. The molecule has 1 aromatic rings. The lowest BCUT2D eigenvalue weighted by Gasteiger charge is -2.37. The molecule has 2 fully saturated rings. The highest BCUT2D eigenvalue weighted by atomic mass is 32.1. The Bertz CT molecular complexity index is 825. The monoisotopic (exact) mass is 431 g/mol. The minimum absolute atomic E-state index is 0.0419. The number of piperidine rings is 1. The number of ether oxygens (including phenoxy) is 2. The molecule has 1 aliphatic carbocycles. The normalized spacial score (nSPS) is 23.9. The Labute approximate surface area is 183 Å². The van der Waals surface area contributed by atoms with Gasteiger partial charge in [-0.05, 0) is 36.2 Å². The quantitative estimate of drug-likeness (QED) is 0.764. The number of rotatable bonds is 5. The molecule has 1 atom stereocenters. The van der Waals surface area contributed by atoms with Crippen molar-refractivity contribution in [1.29, 1.82) is 5.26 Å². The lowest BCUT2D eigenvalue weighted by molar-refractivity contribution is -0.185. The number of hydrogen-bond acceptors (Lipinski definition) is 6. The number of nitrogens with zero attached hydrogens (tertiary/aromatic N) is 2. The molecule has 1 N–H and O–H groups in total. The van der Waals surface area contributed by atoms with Crippen molar-refractivity contribution in [2.75, 3.05) is 38.2 Å². The molecule has 6 nitrogen and oxygen atoms in total. The molecule has 2 saturated heterocycles. The zero-order valence-electron chi connectivity index (χ0n) is 18.4. The van der Waals surface area contributed by atoms with Crippen molar-refractivity contribution in [3.8, 4) is 6.07 Å². The smallest absolute Gasteiger partial charge is 0.239 e. The van der Waals surface area contributed by atoms with Crippen molar-refractivity contribution >= 4 is 22.2 Å². The maximum Gasteiger partial charge on any atom is 0.239 e. The van der Waals surface area contributed by atoms with Crippen molar-refractivity contribution in [3.63, 3.8) is 0 Å². The molecule has 0 bridgehead atoms. The van der Waals surface area contributed by atoms with Crippen molar-refractivity contribution in [3.05, 3.63) is 16.0 Å². The highest BCUT2D eigenvalue weighted by Crippen LogP contribution is 2.45. The van der Waals surface area contributed by atoms with Gasteiger partial charge < -0.3 is 14.8 Å². The predicted molar refractivity (Wildman–Crippen MR) is 118 cm³/mol. The Morgan fingerprint density at radius 3 is 2.67 bits per heavy atom. The van der Waals surface area contributed by atoms with Crippen LogP contribution in [-0.4, -0.2) is 49.4 Å². The third-order valence-corrected chi connectivity index (χ3v) is 8.61. The van der Waals surface area contributed by atoms with Crippen LogP contribution in [0.3, 0.4) is 0 Å². The molecule has 0 aromatic carbocycles. The van der Waals surface area contributed by atoms with E-state index in [-0.39, 0.29) is 5.91 Å². The average Bonchev–Trinajstić information content (AvgIpc) is 3.33. The van der Waals surface area contributed by atoms with Crippen LogP contribution >= 0.6 is 11.3 Å². The van der Waals surface area contributed by atoms with E-state index in [1.54, 1.807) is 11.3 Å². The molecule has 3 heterocycles. The first-order valence-electron chi connectivity index (χ1n) is 11.2. The number of fused-ring (bicyclic) bond motifs is 1. The third-order valence-electron chi connectivity index (χ3n) is 7.45. The van der Waals surface area contributed by atoms with Gasteiger partial charge in [-0.2, -0.15) is 5.26 Å². The zero-order valence-corrected chi connectivity index (χ0v) is 19.2. The first-order chi connectivity index (χ1) is 14.4. The first-order valence-corrected chi connectivity index (χ1v) is 12.0. The van der Waals surface area contributed by atoms with Gasteiger partial charge in [0.1, 0.15) is 11.1 Å². The van der Waals surface area contributed by atoms with Crippen LogP contribution in [0.1, 0.15) is 62.5 Å². The van der Waals surface area contributed by atoms with Crippen LogP contribution < -0.4 is 5.32 Å². The number of anilines is 1. The van der Waals surface area contributed by atoms with Crippen molar-refractivity contribution in [2.45, 2.75) is 65.1 Å². The fourth-order valence-corrected chi connectivity index (χ4v) is 6.25. The van der Waals surface area contributed by atoms with Crippen LogP contribution in [0.25, 0.3) is 0 Å². The van der Waals surface area contributed by atoms with E-state index in [1.807, 2.05) is 0 Å². The molecule has 3 aliphatic rings. The molecule has 1 unspecified atom stereocenters. The first kappa shape index (κ1) is 21.8. The minimum Gasteiger partial charge on any atom is -0.347 e. The number of nitrogens with one attached hydrogen (secondary N) is 1. The van der Waals surface area contributed by atoms with Gasteiger partial charge in [0.2, 0.25) is 5.91 Å². The molecule has 30 heavy (non-hydrogen) atoms. The van der Waals surface area contributed by atoms with E-state index < -0.39 is 5.79 Å². The SMILES string of the molecule is CCC(C)(C)C1CCc2c(sc(NC(=O)CN3CCC4(CC3)OCCO4)c2C#N)C1. The molecule has 0 saturated carbocycles. The third kappa shape index (κ3) is 4.29. The van der Waals surface area contributed by atoms with E-state index in [1.165, 1.54) is 4.88 Å². The summed E-state index contributed by atoms with van der Waals surface area (Å²) in [5.74, 6) is 0.167. The van der Waals surface area contributed by atoms with Crippen LogP contribution in [0.15, 0.2) is 0 Å². The van der Waals surface area contributed by atoms with Gasteiger partial charge in [0.15, 0.2) is 5.79 Å². The second kappa shape index (κ2) is 8.58. The highest BCUT2D eigenvalue weighted by Gasteiger charge is 2.40. The predicted octanol–water partition coefficient (Wildman–Crippen LogP) is 3.94. The lowest BCUT2D eigenvalue weighted by atomic mass is 9.69. The standard InChI is InChI=1S/C23H33N3O3S/c1-4-22(2,3)16-5-6-17-18(14-24)21(30-19(17)13-16)25-20(27)15-26-9-7-23(8-10-26)28-11-12-29-23/h16H,4-13,15H2,1-3H3,(H,25,27). The Balaban J connectivity index is 1.38. The van der Waals surface area contributed by atoms with Gasteiger partial charge in [-0.15, -0.1) is 11.3 Å². The molecular formula is C23H33N3O3S. The van der Waals surface area contributed by atoms with Gasteiger partial charge in [-0.25, -0.2) is 0 Å². The summed E-state index contributed by atoms with van der Waals surface area (Å²) in [7, 11) is 0. The molecule has 1 spiro atoms. The molecule has 4 rings (SSSR count). The van der Waals surface area contributed by atoms with Crippen LogP contribution in [-0.2, 0) is 27.1 Å². The summed E-state index contributed by atoms with van der Waals surface area (Å²) in [6.45, 7) is 10.2. The number of carbonyl (C=O) groups is 1. The topological polar surface area (TPSA) is 74.6 Å². The number of thiophene rings is 1. The van der Waals surface area contributed by atoms with Crippen LogP contribution in [0.5, 0.6) is 0 Å². The van der Waals surface area contributed by atoms with Crippen LogP contribution in [0.2, 0.25) is 0 Å². The molecule has 1 amide bonds. The number of amides is 1. The van der Waals surface area contributed by atoms with Gasteiger partial charge >= 0.3 is 0 Å². The summed E-state index contributed by atoms with van der Waals surface area (Å²) in [4.78, 5) is 16.2. The van der Waals surface area contributed by atoms with Gasteiger partial charge in [-0.1, -0.05) is 27.2 Å². The maximum absolute atomic E-state index is 12.7. The highest BCUT2D eigenvalue weighted by molar-refractivity contribution is 7.16. The Hall–Kier alpha value is -1.46. The second-order valence-corrected chi connectivity index (χ2v) is 10.6. The summed E-state index contributed by atoms with van der Waals surface area (Å²) < 4.78 is 11.5. The molecule has 7 heteroatoms. The van der Waals surface area contributed by atoms with E-state index in [0.29, 0.717) is 36.7 Å². The summed E-state index contributed by atoms with van der Waals surface area (Å²) in [6, 6.07) is 2.36. The largest absolute Gasteiger partial charge is 0.347 e. The van der Waals surface area contributed by atoms with E-state index in [0.717, 1.165) is 62.2 Å². The summed E-state index contributed by atoms with van der Waals surface area (Å²) in [6.07, 6.45) is 5.82. The number of hydrogen-bond donors (Lipinski definition) is 1. The van der Waals surface area contributed by atoms with Gasteiger partial charge in [-0.3, -0.25) is 9.69 Å².